The summed E-state index contributed by atoms with van der Waals surface area (Å²) >= 11 is 15.1. The van der Waals surface area contributed by atoms with Crippen LogP contribution in [0, 0.1) is 0 Å². The van der Waals surface area contributed by atoms with Crippen LogP contribution in [-0.2, 0) is 0 Å². The molecule has 0 aliphatic rings. The van der Waals surface area contributed by atoms with Crippen LogP contribution in [0.3, 0.4) is 0 Å². The Morgan fingerprint density at radius 1 is 1.38 bits per heavy atom. The zero-order chi connectivity index (χ0) is 6.08. The van der Waals surface area contributed by atoms with Crippen LogP contribution in [0.15, 0.2) is 0 Å². The average molecular weight is 182 g/mol. The van der Waals surface area contributed by atoms with Crippen molar-refractivity contribution in [3.05, 3.63) is 0 Å². The Morgan fingerprint density at radius 3 is 1.50 bits per heavy atom. The lowest BCUT2D eigenvalue weighted by Crippen LogP contribution is -2.33. The molecule has 0 bridgehead atoms. The highest BCUT2D eigenvalue weighted by Gasteiger charge is 2.26. The fourth-order valence-electron chi connectivity index (χ4n) is 0. The third-order valence-corrected chi connectivity index (χ3v) is 1.01. The van der Waals surface area contributed by atoms with E-state index >= 15 is 0 Å². The average Bonchev–Trinajstić information content (AvgIpc) is 1.31. The summed E-state index contributed by atoms with van der Waals surface area (Å²) in [5.74, 6) is 0. The van der Waals surface area contributed by atoms with Gasteiger partial charge in [0.15, 0.2) is 0 Å². The van der Waals surface area contributed by atoms with E-state index in [1.165, 1.54) is 0 Å². The second kappa shape index (κ2) is 3.71. The Labute approximate surface area is 61.6 Å². The van der Waals surface area contributed by atoms with Gasteiger partial charge < -0.3 is 16.3 Å². The molecule has 0 aromatic carbocycles. The molecule has 1 atom stereocenters. The van der Waals surface area contributed by atoms with Crippen LogP contribution in [-0.4, -0.2) is 20.6 Å². The quantitative estimate of drug-likeness (QED) is 0.402. The zero-order valence-corrected chi connectivity index (χ0v) is 6.00. The van der Waals surface area contributed by atoms with Gasteiger partial charge in [0.2, 0.25) is 3.79 Å². The van der Waals surface area contributed by atoms with Crippen molar-refractivity contribution >= 4 is 34.8 Å². The summed E-state index contributed by atoms with van der Waals surface area (Å²) in [5, 5.41) is 8.27. The van der Waals surface area contributed by atoms with Gasteiger partial charge in [0, 0.05) is 0 Å². The smallest absolute Gasteiger partial charge is 0.228 e. The fourth-order valence-corrected chi connectivity index (χ4v) is 0. The molecule has 0 rings (SSSR count). The highest BCUT2D eigenvalue weighted by Crippen LogP contribution is 2.27. The first-order chi connectivity index (χ1) is 2.94. The topological polar surface area (TPSA) is 77.8 Å². The fraction of sp³-hybridized carbons (Fsp3) is 1.00. The van der Waals surface area contributed by atoms with Gasteiger partial charge >= 0.3 is 0 Å². The monoisotopic (exact) mass is 181 g/mol. The molecule has 3 nitrogen and oxygen atoms in total. The molecule has 0 saturated carbocycles. The molecule has 0 fully saturated rings. The maximum atomic E-state index is 8.27. The van der Waals surface area contributed by atoms with Gasteiger partial charge in [-0.1, -0.05) is 34.8 Å². The molecule has 0 heterocycles. The Kier molecular flexibility index (Phi) is 5.36. The van der Waals surface area contributed by atoms with E-state index in [1.807, 2.05) is 0 Å². The van der Waals surface area contributed by atoms with Crippen molar-refractivity contribution in [2.24, 2.45) is 5.73 Å². The van der Waals surface area contributed by atoms with Crippen LogP contribution >= 0.6 is 34.8 Å². The molecule has 0 amide bonds. The first-order valence-corrected chi connectivity index (χ1v) is 2.58. The molecule has 52 valence electrons. The van der Waals surface area contributed by atoms with E-state index in [0.29, 0.717) is 0 Å². The van der Waals surface area contributed by atoms with Gasteiger partial charge in [0.05, 0.1) is 0 Å². The Bertz CT molecular complexity index is 60.8. The molecular formula is C2H6Cl3NO2. The van der Waals surface area contributed by atoms with Crippen LogP contribution in [0.1, 0.15) is 0 Å². The molecule has 0 saturated heterocycles. The van der Waals surface area contributed by atoms with E-state index in [1.54, 1.807) is 0 Å². The third-order valence-electron chi connectivity index (χ3n) is 0.335. The maximum Gasteiger partial charge on any atom is 0.228 e. The summed E-state index contributed by atoms with van der Waals surface area (Å²) in [5.41, 5.74) is 4.73. The third kappa shape index (κ3) is 4.90. The minimum atomic E-state index is -1.75. The number of alkyl halides is 3. The van der Waals surface area contributed by atoms with Gasteiger partial charge in [-0.25, -0.2) is 0 Å². The molecule has 8 heavy (non-hydrogen) atoms. The molecule has 0 radical (unpaired) electrons. The van der Waals surface area contributed by atoms with E-state index in [4.69, 9.17) is 45.6 Å². The number of nitrogens with two attached hydrogens (primary N) is 1. The second-order valence-corrected chi connectivity index (χ2v) is 3.36. The number of hydrogen-bond acceptors (Lipinski definition) is 2. The van der Waals surface area contributed by atoms with Crippen LogP contribution in [0.5, 0.6) is 0 Å². The van der Waals surface area contributed by atoms with Crippen LogP contribution in [0.25, 0.3) is 0 Å². The van der Waals surface area contributed by atoms with Crippen molar-refractivity contribution in [2.45, 2.75) is 10.0 Å². The van der Waals surface area contributed by atoms with Crippen molar-refractivity contribution < 1.29 is 10.6 Å². The van der Waals surface area contributed by atoms with E-state index in [2.05, 4.69) is 0 Å². The van der Waals surface area contributed by atoms with Gasteiger partial charge in [-0.2, -0.15) is 0 Å². The highest BCUT2D eigenvalue weighted by molar-refractivity contribution is 6.67. The Morgan fingerprint density at radius 2 is 1.50 bits per heavy atom. The molecule has 0 aliphatic heterocycles. The minimum Gasteiger partial charge on any atom is -0.412 e. The molecule has 0 aliphatic carbocycles. The summed E-state index contributed by atoms with van der Waals surface area (Å²) < 4.78 is -1.75. The summed E-state index contributed by atoms with van der Waals surface area (Å²) in [6.07, 6.45) is -1.41. The lowest BCUT2D eigenvalue weighted by atomic mass is 10.7. The largest absolute Gasteiger partial charge is 0.412 e. The Hall–Kier alpha value is 0.750. The predicted octanol–water partition coefficient (Wildman–Crippen LogP) is -0.191. The number of aliphatic hydroxyl groups is 1. The number of halogens is 3. The predicted molar refractivity (Wildman–Crippen MR) is 34.1 cm³/mol. The lowest BCUT2D eigenvalue weighted by Gasteiger charge is -2.12. The van der Waals surface area contributed by atoms with Crippen LogP contribution in [0.2, 0.25) is 0 Å². The number of rotatable bonds is 0. The van der Waals surface area contributed by atoms with Gasteiger partial charge in [-0.3, -0.25) is 0 Å². The van der Waals surface area contributed by atoms with Gasteiger partial charge in [-0.15, -0.1) is 0 Å². The van der Waals surface area contributed by atoms with Gasteiger partial charge in [0.25, 0.3) is 0 Å². The molecule has 0 spiro atoms. The lowest BCUT2D eigenvalue weighted by molar-refractivity contribution is 0.187. The molecule has 6 heteroatoms. The number of aliphatic hydroxyl groups excluding tert-OH is 1. The molecule has 5 N–H and O–H groups in total. The summed E-state index contributed by atoms with van der Waals surface area (Å²) in [4.78, 5) is 0. The van der Waals surface area contributed by atoms with Crippen molar-refractivity contribution in [3.8, 4) is 0 Å². The van der Waals surface area contributed by atoms with Crippen molar-refractivity contribution in [1.82, 2.24) is 0 Å². The van der Waals surface area contributed by atoms with Crippen LogP contribution in [0.4, 0.5) is 0 Å². The van der Waals surface area contributed by atoms with Crippen LogP contribution < -0.4 is 5.73 Å². The van der Waals surface area contributed by atoms with E-state index in [0.717, 1.165) is 0 Å². The maximum absolute atomic E-state index is 8.27. The van der Waals surface area contributed by atoms with E-state index in [-0.39, 0.29) is 5.48 Å². The summed E-state index contributed by atoms with van der Waals surface area (Å²) in [6.45, 7) is 0. The Balaban J connectivity index is 0. The van der Waals surface area contributed by atoms with Gasteiger partial charge in [-0.05, 0) is 0 Å². The SMILES string of the molecule is NC(O)C(Cl)(Cl)Cl.O. The van der Waals surface area contributed by atoms with Crippen molar-refractivity contribution in [1.29, 1.82) is 0 Å². The van der Waals surface area contributed by atoms with Gasteiger partial charge in [0.1, 0.15) is 6.23 Å². The standard InChI is InChI=1S/C2H4Cl3NO.H2O/c3-2(4,5)1(6)7;/h1,7H,6H2;1H2. The molecule has 0 aromatic heterocycles. The van der Waals surface area contributed by atoms with E-state index < -0.39 is 10.0 Å². The normalized spacial score (nSPS) is 14.6. The molecular weight excluding hydrogens is 176 g/mol. The summed E-state index contributed by atoms with van der Waals surface area (Å²) in [6, 6.07) is 0. The molecule has 0 aromatic rings. The first kappa shape index (κ1) is 11.5. The first-order valence-electron chi connectivity index (χ1n) is 1.45. The second-order valence-electron chi connectivity index (χ2n) is 0.986. The van der Waals surface area contributed by atoms with E-state index in [9.17, 15) is 0 Å². The van der Waals surface area contributed by atoms with Crippen molar-refractivity contribution in [2.75, 3.05) is 0 Å². The van der Waals surface area contributed by atoms with Crippen molar-refractivity contribution in [3.63, 3.8) is 0 Å². The summed E-state index contributed by atoms with van der Waals surface area (Å²) in [7, 11) is 0. The zero-order valence-electron chi connectivity index (χ0n) is 3.74. The molecule has 1 unspecified atom stereocenters. The number of hydrogen-bond donors (Lipinski definition) is 2. The minimum absolute atomic E-state index is 0. The highest BCUT2D eigenvalue weighted by atomic mass is 35.6.